The molecule has 0 aliphatic carbocycles. The summed E-state index contributed by atoms with van der Waals surface area (Å²) in [5, 5.41) is 7.57. The zero-order valence-electron chi connectivity index (χ0n) is 8.04. The maximum Gasteiger partial charge on any atom is 0.142 e. The highest BCUT2D eigenvalue weighted by Gasteiger charge is 2.07. The van der Waals surface area contributed by atoms with Crippen LogP contribution in [-0.2, 0) is 0 Å². The predicted octanol–water partition coefficient (Wildman–Crippen LogP) is 3.24. The first-order valence-corrected chi connectivity index (χ1v) is 4.79. The van der Waals surface area contributed by atoms with Crippen LogP contribution in [0.5, 0.6) is 0 Å². The average molecular weight is 223 g/mol. The molecule has 76 valence electrons. The van der Waals surface area contributed by atoms with Gasteiger partial charge in [-0.15, -0.1) is 0 Å². The van der Waals surface area contributed by atoms with Crippen LogP contribution in [0.25, 0.3) is 11.1 Å². The normalized spacial score (nSPS) is 10.3. The number of halogens is 2. The van der Waals surface area contributed by atoms with Crippen molar-refractivity contribution in [2.75, 3.05) is 0 Å². The van der Waals surface area contributed by atoms with E-state index in [9.17, 15) is 4.39 Å². The molecule has 1 aromatic heterocycles. The van der Waals surface area contributed by atoms with Gasteiger partial charge in [0, 0.05) is 5.56 Å². The van der Waals surface area contributed by atoms with E-state index >= 15 is 0 Å². The fourth-order valence-corrected chi connectivity index (χ4v) is 1.57. The fourth-order valence-electron chi connectivity index (χ4n) is 1.41. The highest BCUT2D eigenvalue weighted by Crippen LogP contribution is 2.27. The van der Waals surface area contributed by atoms with Crippen molar-refractivity contribution in [3.63, 3.8) is 0 Å². The number of aryl methyl sites for hydroxylation is 1. The Morgan fingerprint density at radius 3 is 2.73 bits per heavy atom. The van der Waals surface area contributed by atoms with Crippen molar-refractivity contribution in [3.8, 4) is 11.1 Å². The summed E-state index contributed by atoms with van der Waals surface area (Å²) in [7, 11) is 0. The molecule has 0 N–H and O–H groups in total. The highest BCUT2D eigenvalue weighted by atomic mass is 35.5. The number of benzene rings is 1. The molecule has 0 radical (unpaired) electrons. The van der Waals surface area contributed by atoms with Gasteiger partial charge in [0.05, 0.1) is 17.4 Å². The second-order valence-corrected chi connectivity index (χ2v) is 3.62. The van der Waals surface area contributed by atoms with E-state index in [2.05, 4.69) is 10.2 Å². The molecule has 2 rings (SSSR count). The lowest BCUT2D eigenvalue weighted by atomic mass is 10.0. The largest absolute Gasteiger partial charge is 0.205 e. The summed E-state index contributed by atoms with van der Waals surface area (Å²) in [5.74, 6) is -0.403. The highest BCUT2D eigenvalue weighted by molar-refractivity contribution is 6.31. The van der Waals surface area contributed by atoms with E-state index in [0.717, 1.165) is 16.7 Å². The predicted molar refractivity (Wildman–Crippen MR) is 57.2 cm³/mol. The van der Waals surface area contributed by atoms with E-state index in [-0.39, 0.29) is 5.02 Å². The van der Waals surface area contributed by atoms with Crippen LogP contribution in [0, 0.1) is 12.7 Å². The van der Waals surface area contributed by atoms with Crippen LogP contribution in [0.2, 0.25) is 5.02 Å². The summed E-state index contributed by atoms with van der Waals surface area (Å²) in [4.78, 5) is 0. The third kappa shape index (κ3) is 1.97. The summed E-state index contributed by atoms with van der Waals surface area (Å²) >= 11 is 5.72. The molecule has 0 saturated heterocycles. The minimum absolute atomic E-state index is 0.118. The molecule has 0 aliphatic heterocycles. The number of rotatable bonds is 1. The second-order valence-electron chi connectivity index (χ2n) is 3.21. The second kappa shape index (κ2) is 3.95. The summed E-state index contributed by atoms with van der Waals surface area (Å²) < 4.78 is 13.1. The first kappa shape index (κ1) is 10.1. The maximum absolute atomic E-state index is 13.1. The third-order valence-corrected chi connectivity index (χ3v) is 2.45. The van der Waals surface area contributed by atoms with Gasteiger partial charge in [0.15, 0.2) is 0 Å². The van der Waals surface area contributed by atoms with Crippen LogP contribution in [-0.4, -0.2) is 10.2 Å². The number of hydrogen-bond acceptors (Lipinski definition) is 2. The Labute approximate surface area is 91.7 Å². The standard InChI is InChI=1S/C11H8ClFN2/c1-7-4-11(13)10(12)5-9(7)8-2-3-14-15-6-8/h2-6H,1H3. The van der Waals surface area contributed by atoms with Crippen molar-refractivity contribution in [1.29, 1.82) is 0 Å². The van der Waals surface area contributed by atoms with Gasteiger partial charge in [0.2, 0.25) is 0 Å². The molecular formula is C11H8ClFN2. The number of aromatic nitrogens is 2. The Kier molecular flexibility index (Phi) is 2.64. The van der Waals surface area contributed by atoms with Gasteiger partial charge in [0.1, 0.15) is 5.82 Å². The molecule has 1 aromatic carbocycles. The molecule has 2 nitrogen and oxygen atoms in total. The number of hydrogen-bond donors (Lipinski definition) is 0. The van der Waals surface area contributed by atoms with Gasteiger partial charge < -0.3 is 0 Å². The lowest BCUT2D eigenvalue weighted by Crippen LogP contribution is -1.88. The Bertz CT molecular complexity index is 485. The molecule has 0 saturated carbocycles. The van der Waals surface area contributed by atoms with Crippen molar-refractivity contribution >= 4 is 11.6 Å². The molecule has 0 atom stereocenters. The van der Waals surface area contributed by atoms with Gasteiger partial charge >= 0.3 is 0 Å². The molecular weight excluding hydrogens is 215 g/mol. The smallest absolute Gasteiger partial charge is 0.142 e. The van der Waals surface area contributed by atoms with E-state index in [1.807, 2.05) is 13.0 Å². The summed E-state index contributed by atoms with van der Waals surface area (Å²) in [6.45, 7) is 1.83. The van der Waals surface area contributed by atoms with Crippen molar-refractivity contribution in [3.05, 3.63) is 47.0 Å². The van der Waals surface area contributed by atoms with Gasteiger partial charge in [-0.05, 0) is 36.2 Å². The van der Waals surface area contributed by atoms with Gasteiger partial charge in [0.25, 0.3) is 0 Å². The number of nitrogens with zero attached hydrogens (tertiary/aromatic N) is 2. The van der Waals surface area contributed by atoms with E-state index in [0.29, 0.717) is 0 Å². The zero-order valence-corrected chi connectivity index (χ0v) is 8.79. The molecule has 1 heterocycles. The van der Waals surface area contributed by atoms with Gasteiger partial charge in [-0.25, -0.2) is 4.39 Å². The van der Waals surface area contributed by atoms with Crippen LogP contribution < -0.4 is 0 Å². The van der Waals surface area contributed by atoms with Crippen molar-refractivity contribution in [2.45, 2.75) is 6.92 Å². The Morgan fingerprint density at radius 2 is 2.07 bits per heavy atom. The summed E-state index contributed by atoms with van der Waals surface area (Å²) in [5.41, 5.74) is 2.57. The monoisotopic (exact) mass is 222 g/mol. The van der Waals surface area contributed by atoms with E-state index in [4.69, 9.17) is 11.6 Å². The Balaban J connectivity index is 2.59. The minimum atomic E-state index is -0.403. The van der Waals surface area contributed by atoms with Crippen LogP contribution in [0.1, 0.15) is 5.56 Å². The van der Waals surface area contributed by atoms with Gasteiger partial charge in [-0.1, -0.05) is 11.6 Å². The van der Waals surface area contributed by atoms with Crippen molar-refractivity contribution in [1.82, 2.24) is 10.2 Å². The van der Waals surface area contributed by atoms with Crippen molar-refractivity contribution in [2.24, 2.45) is 0 Å². The first-order valence-electron chi connectivity index (χ1n) is 4.41. The minimum Gasteiger partial charge on any atom is -0.205 e. The molecule has 0 bridgehead atoms. The van der Waals surface area contributed by atoms with E-state index in [1.54, 1.807) is 18.5 Å². The average Bonchev–Trinajstić information content (AvgIpc) is 2.25. The van der Waals surface area contributed by atoms with Crippen LogP contribution >= 0.6 is 11.6 Å². The van der Waals surface area contributed by atoms with Crippen molar-refractivity contribution < 1.29 is 4.39 Å². The molecule has 0 fully saturated rings. The van der Waals surface area contributed by atoms with Crippen LogP contribution in [0.15, 0.2) is 30.6 Å². The lowest BCUT2D eigenvalue weighted by Gasteiger charge is -2.06. The topological polar surface area (TPSA) is 25.8 Å². The van der Waals surface area contributed by atoms with E-state index in [1.165, 1.54) is 6.07 Å². The molecule has 15 heavy (non-hydrogen) atoms. The molecule has 0 amide bonds. The molecule has 0 unspecified atom stereocenters. The van der Waals surface area contributed by atoms with E-state index < -0.39 is 5.82 Å². The summed E-state index contributed by atoms with van der Waals surface area (Å²) in [6, 6.07) is 4.82. The quantitative estimate of drug-likeness (QED) is 0.740. The third-order valence-electron chi connectivity index (χ3n) is 2.16. The Hall–Kier alpha value is -1.48. The first-order chi connectivity index (χ1) is 7.18. The maximum atomic E-state index is 13.1. The van der Waals surface area contributed by atoms with Gasteiger partial charge in [-0.3, -0.25) is 0 Å². The van der Waals surface area contributed by atoms with Gasteiger partial charge in [-0.2, -0.15) is 10.2 Å². The molecule has 2 aromatic rings. The Morgan fingerprint density at radius 1 is 1.27 bits per heavy atom. The SMILES string of the molecule is Cc1cc(F)c(Cl)cc1-c1ccnnc1. The lowest BCUT2D eigenvalue weighted by molar-refractivity contribution is 0.627. The molecule has 0 aliphatic rings. The fraction of sp³-hybridized carbons (Fsp3) is 0.0909. The van der Waals surface area contributed by atoms with Crippen LogP contribution in [0.4, 0.5) is 4.39 Å². The molecule has 4 heteroatoms. The molecule has 0 spiro atoms. The zero-order chi connectivity index (χ0) is 10.8. The summed E-state index contributed by atoms with van der Waals surface area (Å²) in [6.07, 6.45) is 3.21. The van der Waals surface area contributed by atoms with Crippen LogP contribution in [0.3, 0.4) is 0 Å².